The zero-order valence-corrected chi connectivity index (χ0v) is 14.7. The number of aliphatic hydroxyl groups is 1. The van der Waals surface area contributed by atoms with Gasteiger partial charge >= 0.3 is 0 Å². The lowest BCUT2D eigenvalue weighted by molar-refractivity contribution is 0.115. The standard InChI is InChI=1S/C20H34O/c1-15(2)19-13-12-17(4)10-6-8-16(3)9-7-11-18(5)14-20(19)21/h9-10,14-15,19-21H,6-8,11-13H2,1-5H3/b16-9-,17-10+,18-14-/t19-,20+/m0/s1. The monoisotopic (exact) mass is 290 g/mol. The molecule has 1 heteroatoms. The van der Waals surface area contributed by atoms with E-state index in [9.17, 15) is 5.11 Å². The lowest BCUT2D eigenvalue weighted by Crippen LogP contribution is -2.24. The Morgan fingerprint density at radius 2 is 1.43 bits per heavy atom. The van der Waals surface area contributed by atoms with E-state index in [0.29, 0.717) is 11.8 Å². The van der Waals surface area contributed by atoms with Crippen LogP contribution in [0, 0.1) is 11.8 Å². The summed E-state index contributed by atoms with van der Waals surface area (Å²) < 4.78 is 0. The highest BCUT2D eigenvalue weighted by Crippen LogP contribution is 2.26. The minimum Gasteiger partial charge on any atom is -0.389 e. The Labute approximate surface area is 131 Å². The molecule has 0 radical (unpaired) electrons. The molecule has 1 aliphatic rings. The molecule has 1 nitrogen and oxygen atoms in total. The molecule has 0 saturated heterocycles. The van der Waals surface area contributed by atoms with E-state index in [-0.39, 0.29) is 6.10 Å². The van der Waals surface area contributed by atoms with Crippen LogP contribution in [0.1, 0.15) is 73.1 Å². The molecule has 0 fully saturated rings. The van der Waals surface area contributed by atoms with Crippen LogP contribution in [-0.4, -0.2) is 11.2 Å². The van der Waals surface area contributed by atoms with Gasteiger partial charge in [0.25, 0.3) is 0 Å². The molecule has 1 aliphatic carbocycles. The van der Waals surface area contributed by atoms with Crippen molar-refractivity contribution in [3.63, 3.8) is 0 Å². The van der Waals surface area contributed by atoms with Gasteiger partial charge in [-0.3, -0.25) is 0 Å². The predicted molar refractivity (Wildman–Crippen MR) is 93.3 cm³/mol. The third-order valence-electron chi connectivity index (χ3n) is 4.69. The maximum atomic E-state index is 10.5. The van der Waals surface area contributed by atoms with E-state index in [2.05, 4.69) is 52.8 Å². The fourth-order valence-corrected chi connectivity index (χ4v) is 3.09. The maximum Gasteiger partial charge on any atom is 0.0754 e. The number of hydrogen-bond acceptors (Lipinski definition) is 1. The van der Waals surface area contributed by atoms with Gasteiger partial charge in [-0.1, -0.05) is 48.8 Å². The van der Waals surface area contributed by atoms with Crippen molar-refractivity contribution in [2.24, 2.45) is 11.8 Å². The highest BCUT2D eigenvalue weighted by molar-refractivity contribution is 5.09. The molecule has 1 rings (SSSR count). The lowest BCUT2D eigenvalue weighted by Gasteiger charge is -2.25. The van der Waals surface area contributed by atoms with Gasteiger partial charge in [-0.05, 0) is 71.1 Å². The quantitative estimate of drug-likeness (QED) is 0.604. The SMILES string of the molecule is C/C1=C/[C@@H](O)[C@H](C(C)C)CC/C(C)=C/CC/C(C)=C\CC1. The molecule has 0 aromatic carbocycles. The van der Waals surface area contributed by atoms with E-state index >= 15 is 0 Å². The molecule has 0 aliphatic heterocycles. The number of hydrogen-bond donors (Lipinski definition) is 1. The maximum absolute atomic E-state index is 10.5. The molecule has 1 N–H and O–H groups in total. The number of rotatable bonds is 1. The number of aliphatic hydroxyl groups excluding tert-OH is 1. The Bertz CT molecular complexity index is 398. The average Bonchev–Trinajstić information content (AvgIpc) is 2.37. The first-order chi connectivity index (χ1) is 9.90. The highest BCUT2D eigenvalue weighted by Gasteiger charge is 2.20. The summed E-state index contributed by atoms with van der Waals surface area (Å²) in [7, 11) is 0. The van der Waals surface area contributed by atoms with Crippen molar-refractivity contribution in [1.29, 1.82) is 0 Å². The molecule has 0 aromatic rings. The summed E-state index contributed by atoms with van der Waals surface area (Å²) in [5, 5.41) is 10.5. The smallest absolute Gasteiger partial charge is 0.0754 e. The minimum atomic E-state index is -0.300. The van der Waals surface area contributed by atoms with Gasteiger partial charge in [-0.25, -0.2) is 0 Å². The molecule has 21 heavy (non-hydrogen) atoms. The third-order valence-corrected chi connectivity index (χ3v) is 4.69. The second-order valence-corrected chi connectivity index (χ2v) is 7.13. The fourth-order valence-electron chi connectivity index (χ4n) is 3.09. The van der Waals surface area contributed by atoms with Crippen LogP contribution in [-0.2, 0) is 0 Å². The van der Waals surface area contributed by atoms with E-state index in [0.717, 1.165) is 32.1 Å². The van der Waals surface area contributed by atoms with Crippen LogP contribution in [0.5, 0.6) is 0 Å². The summed E-state index contributed by atoms with van der Waals surface area (Å²) in [5.41, 5.74) is 4.28. The first kappa shape index (κ1) is 18.2. The summed E-state index contributed by atoms with van der Waals surface area (Å²) in [4.78, 5) is 0. The second kappa shape index (κ2) is 9.25. The van der Waals surface area contributed by atoms with E-state index in [1.165, 1.54) is 23.1 Å². The summed E-state index contributed by atoms with van der Waals surface area (Å²) in [6.07, 6.45) is 13.2. The first-order valence-corrected chi connectivity index (χ1v) is 8.56. The molecular formula is C20H34O. The van der Waals surface area contributed by atoms with Crippen molar-refractivity contribution >= 4 is 0 Å². The van der Waals surface area contributed by atoms with E-state index in [4.69, 9.17) is 0 Å². The fraction of sp³-hybridized carbons (Fsp3) is 0.700. The molecule has 0 amide bonds. The molecule has 2 atom stereocenters. The zero-order valence-electron chi connectivity index (χ0n) is 14.7. The normalized spacial score (nSPS) is 34.1. The summed E-state index contributed by atoms with van der Waals surface area (Å²) in [5.74, 6) is 0.885. The Morgan fingerprint density at radius 3 is 2.00 bits per heavy atom. The van der Waals surface area contributed by atoms with Crippen molar-refractivity contribution in [2.45, 2.75) is 79.2 Å². The summed E-state index contributed by atoms with van der Waals surface area (Å²) >= 11 is 0. The Hall–Kier alpha value is -0.820. The van der Waals surface area contributed by atoms with E-state index in [1.807, 2.05) is 0 Å². The zero-order chi connectivity index (χ0) is 15.8. The summed E-state index contributed by atoms with van der Waals surface area (Å²) in [6, 6.07) is 0. The van der Waals surface area contributed by atoms with Gasteiger partial charge in [0.1, 0.15) is 0 Å². The molecule has 0 aromatic heterocycles. The van der Waals surface area contributed by atoms with Gasteiger partial charge in [0, 0.05) is 0 Å². The van der Waals surface area contributed by atoms with Crippen molar-refractivity contribution < 1.29 is 5.11 Å². The van der Waals surface area contributed by atoms with Crippen LogP contribution in [0.2, 0.25) is 0 Å². The second-order valence-electron chi connectivity index (χ2n) is 7.13. The van der Waals surface area contributed by atoms with Gasteiger partial charge in [0.05, 0.1) is 6.10 Å². The van der Waals surface area contributed by atoms with Crippen LogP contribution in [0.25, 0.3) is 0 Å². The van der Waals surface area contributed by atoms with Crippen LogP contribution >= 0.6 is 0 Å². The van der Waals surface area contributed by atoms with Crippen LogP contribution in [0.3, 0.4) is 0 Å². The minimum absolute atomic E-state index is 0.300. The van der Waals surface area contributed by atoms with Gasteiger partial charge in [-0.15, -0.1) is 0 Å². The number of allylic oxidation sites excluding steroid dienone is 5. The van der Waals surface area contributed by atoms with E-state index < -0.39 is 0 Å². The molecule has 120 valence electrons. The molecular weight excluding hydrogens is 256 g/mol. The van der Waals surface area contributed by atoms with Gasteiger partial charge in [0.2, 0.25) is 0 Å². The molecule has 0 bridgehead atoms. The van der Waals surface area contributed by atoms with Gasteiger partial charge in [-0.2, -0.15) is 0 Å². The van der Waals surface area contributed by atoms with Gasteiger partial charge in [0.15, 0.2) is 0 Å². The molecule has 0 unspecified atom stereocenters. The Balaban J connectivity index is 2.88. The van der Waals surface area contributed by atoms with Crippen molar-refractivity contribution in [3.8, 4) is 0 Å². The van der Waals surface area contributed by atoms with Crippen LogP contribution in [0.15, 0.2) is 34.9 Å². The van der Waals surface area contributed by atoms with Crippen molar-refractivity contribution in [1.82, 2.24) is 0 Å². The van der Waals surface area contributed by atoms with Crippen LogP contribution in [0.4, 0.5) is 0 Å². The van der Waals surface area contributed by atoms with Gasteiger partial charge < -0.3 is 5.11 Å². The third kappa shape index (κ3) is 7.13. The molecule has 0 spiro atoms. The van der Waals surface area contributed by atoms with Crippen molar-refractivity contribution in [2.75, 3.05) is 0 Å². The summed E-state index contributed by atoms with van der Waals surface area (Å²) in [6.45, 7) is 11.1. The Kier molecular flexibility index (Phi) is 8.03. The first-order valence-electron chi connectivity index (χ1n) is 8.56. The lowest BCUT2D eigenvalue weighted by atomic mass is 9.84. The highest BCUT2D eigenvalue weighted by atomic mass is 16.3. The van der Waals surface area contributed by atoms with E-state index in [1.54, 1.807) is 0 Å². The molecule has 0 saturated carbocycles. The molecule has 0 heterocycles. The van der Waals surface area contributed by atoms with Crippen LogP contribution < -0.4 is 0 Å². The largest absolute Gasteiger partial charge is 0.389 e. The predicted octanol–water partition coefficient (Wildman–Crippen LogP) is 5.81. The Morgan fingerprint density at radius 1 is 0.905 bits per heavy atom. The topological polar surface area (TPSA) is 20.2 Å². The van der Waals surface area contributed by atoms with Crippen molar-refractivity contribution in [3.05, 3.63) is 34.9 Å². The average molecular weight is 290 g/mol.